The second-order valence-electron chi connectivity index (χ2n) is 10.6. The van der Waals surface area contributed by atoms with E-state index < -0.39 is 54.4 Å². The van der Waals surface area contributed by atoms with Crippen molar-refractivity contribution in [2.75, 3.05) is 13.2 Å². The largest absolute Gasteiger partial charge is 0.494 e. The minimum atomic E-state index is -7.94. The smallest absolute Gasteiger partial charge is 0.460 e. The van der Waals surface area contributed by atoms with Crippen LogP contribution in [0.1, 0.15) is 65.4 Å². The Morgan fingerprint density at radius 3 is 1.76 bits per heavy atom. The van der Waals surface area contributed by atoms with Crippen LogP contribution in [0.5, 0.6) is 5.75 Å². The molecule has 1 aromatic carbocycles. The highest BCUT2D eigenvalue weighted by Crippen LogP contribution is 2.60. The lowest BCUT2D eigenvalue weighted by atomic mass is 9.92. The summed E-state index contributed by atoms with van der Waals surface area (Å²) in [7, 11) is 0. The van der Waals surface area contributed by atoms with Gasteiger partial charge in [-0.25, -0.2) is 4.79 Å². The topological polar surface area (TPSA) is 52.6 Å². The van der Waals surface area contributed by atoms with Crippen LogP contribution in [0.2, 0.25) is 0 Å². The van der Waals surface area contributed by atoms with E-state index in [1.807, 2.05) is 6.92 Å². The molecule has 1 aromatic rings. The van der Waals surface area contributed by atoms with Crippen molar-refractivity contribution in [2.45, 2.75) is 95.6 Å². The Balaban J connectivity index is 0.00000207. The van der Waals surface area contributed by atoms with Crippen molar-refractivity contribution in [3.05, 3.63) is 71.9 Å². The third-order valence-corrected chi connectivity index (χ3v) is 6.40. The molecule has 0 spiro atoms. The number of unbranched alkanes of at least 4 members (excludes halogenated alkanes) is 1. The summed E-state index contributed by atoms with van der Waals surface area (Å²) in [6.07, 6.45) is -3.40. The van der Waals surface area contributed by atoms with Gasteiger partial charge in [0.05, 0.1) is 13.2 Å². The summed E-state index contributed by atoms with van der Waals surface area (Å²) in [5.74, 6) is -37.5. The van der Waals surface area contributed by atoms with Crippen molar-refractivity contribution in [3.63, 3.8) is 0 Å². The van der Waals surface area contributed by atoms with E-state index in [9.17, 15) is 66.7 Å². The molecule has 0 heterocycles. The van der Waals surface area contributed by atoms with Crippen LogP contribution in [0.25, 0.3) is 6.08 Å². The number of carbonyl (C=O) groups excluding carboxylic acids is 2. The highest BCUT2D eigenvalue weighted by molar-refractivity contribution is 6.06. The molecule has 0 amide bonds. The van der Waals surface area contributed by atoms with Gasteiger partial charge in [-0.2, -0.15) is 57.1 Å². The normalized spacial score (nSPS) is 13.7. The molecule has 0 radical (unpaired) electrons. The first-order valence-corrected chi connectivity index (χ1v) is 14.8. The van der Waals surface area contributed by atoms with Gasteiger partial charge in [0.2, 0.25) is 0 Å². The van der Waals surface area contributed by atoms with E-state index in [2.05, 4.69) is 13.5 Å². The van der Waals surface area contributed by atoms with Gasteiger partial charge in [-0.3, -0.25) is 4.79 Å². The molecule has 0 unspecified atom stereocenters. The number of ether oxygens (including phenoxy) is 2. The number of halogens is 13. The van der Waals surface area contributed by atoms with Crippen molar-refractivity contribution >= 4 is 17.8 Å². The van der Waals surface area contributed by atoms with Gasteiger partial charge >= 0.3 is 41.8 Å². The summed E-state index contributed by atoms with van der Waals surface area (Å²) in [6.45, 7) is 11.4. The van der Waals surface area contributed by atoms with Crippen molar-refractivity contribution in [1.82, 2.24) is 0 Å². The lowest BCUT2D eigenvalue weighted by molar-refractivity contribution is -0.439. The summed E-state index contributed by atoms with van der Waals surface area (Å²) < 4.78 is 181. The van der Waals surface area contributed by atoms with Crippen LogP contribution in [-0.4, -0.2) is 60.8 Å². The van der Waals surface area contributed by atoms with E-state index in [0.717, 1.165) is 25.3 Å². The third-order valence-electron chi connectivity index (χ3n) is 6.40. The first-order chi connectivity index (χ1) is 22.8. The second-order valence-corrected chi connectivity index (χ2v) is 10.6. The van der Waals surface area contributed by atoms with Gasteiger partial charge in [0, 0.05) is 12.0 Å². The van der Waals surface area contributed by atoms with Crippen LogP contribution >= 0.6 is 0 Å². The van der Waals surface area contributed by atoms with Crippen molar-refractivity contribution < 1.29 is 76.1 Å². The van der Waals surface area contributed by atoms with E-state index in [1.54, 1.807) is 31.2 Å². The number of carbonyl (C=O) groups is 2. The molecule has 0 aromatic heterocycles. The molecule has 50 heavy (non-hydrogen) atoms. The Morgan fingerprint density at radius 2 is 1.30 bits per heavy atom. The Hall–Kier alpha value is -3.79. The van der Waals surface area contributed by atoms with E-state index in [-0.39, 0.29) is 17.6 Å². The minimum Gasteiger partial charge on any atom is -0.494 e. The van der Waals surface area contributed by atoms with Gasteiger partial charge in [-0.15, -0.1) is 0 Å². The molecule has 284 valence electrons. The first kappa shape index (κ1) is 46.2. The summed E-state index contributed by atoms with van der Waals surface area (Å²) in [6, 6.07) is 6.46. The van der Waals surface area contributed by atoms with Gasteiger partial charge in [0.15, 0.2) is 5.78 Å². The molecule has 0 aliphatic rings. The molecule has 0 aliphatic heterocycles. The molecule has 0 N–H and O–H groups in total. The quantitative estimate of drug-likeness (QED) is 0.0494. The number of allylic oxidation sites excluding steroid dienone is 5. The van der Waals surface area contributed by atoms with E-state index in [0.29, 0.717) is 36.2 Å². The average Bonchev–Trinajstić information content (AvgIpc) is 3.02. The fraction of sp³-hybridized carbons (Fsp3) is 0.515. The Kier molecular flexibility index (Phi) is 17.6. The standard InChI is InChI=1S/C25H23F13O2.C8H14O2/c1-3-15-40-18-11-8-16(9-12-18)10-13-19(39)17(4-2)7-5-6-14-20(26,27)21(28,29)22(30,31)23(32,33)24(34,35)25(36,37)38;1-4-5-6-10-8(9)7(2)3/h4-6,8-13H,3,7,14-15H2,1-2H3;2,4-6H2,1,3H3/b6-5-,13-10+,17-4+;. The fourth-order valence-electron chi connectivity index (χ4n) is 3.34. The van der Waals surface area contributed by atoms with Crippen LogP contribution in [0, 0.1) is 0 Å². The molecule has 1 rings (SSSR count). The van der Waals surface area contributed by atoms with Crippen molar-refractivity contribution in [1.29, 1.82) is 0 Å². The number of alkyl halides is 13. The Bertz CT molecular complexity index is 1340. The van der Waals surface area contributed by atoms with Crippen LogP contribution in [0.3, 0.4) is 0 Å². The number of benzene rings is 1. The maximum Gasteiger partial charge on any atom is 0.460 e. The molecule has 0 atom stereocenters. The molecular weight excluding hydrogens is 707 g/mol. The van der Waals surface area contributed by atoms with Gasteiger partial charge in [-0.05, 0) is 62.5 Å². The van der Waals surface area contributed by atoms with Crippen LogP contribution in [0.4, 0.5) is 57.1 Å². The highest BCUT2D eigenvalue weighted by Gasteiger charge is 2.90. The maximum atomic E-state index is 13.8. The summed E-state index contributed by atoms with van der Waals surface area (Å²) in [5.41, 5.74) is 0.919. The number of esters is 1. The van der Waals surface area contributed by atoms with Gasteiger partial charge in [0.1, 0.15) is 5.75 Å². The zero-order valence-electron chi connectivity index (χ0n) is 27.4. The molecular formula is C33H37F13O4. The highest BCUT2D eigenvalue weighted by atomic mass is 19.4. The van der Waals surface area contributed by atoms with Gasteiger partial charge < -0.3 is 9.47 Å². The predicted octanol–water partition coefficient (Wildman–Crippen LogP) is 11.0. The second kappa shape index (κ2) is 19.0. The van der Waals surface area contributed by atoms with Crippen LogP contribution in [-0.2, 0) is 14.3 Å². The Labute approximate surface area is 280 Å². The van der Waals surface area contributed by atoms with E-state index in [1.165, 1.54) is 19.1 Å². The van der Waals surface area contributed by atoms with Crippen LogP contribution < -0.4 is 4.74 Å². The average molecular weight is 745 g/mol. The maximum absolute atomic E-state index is 13.8. The van der Waals surface area contributed by atoms with Crippen LogP contribution in [0.15, 0.2) is 66.3 Å². The van der Waals surface area contributed by atoms with E-state index >= 15 is 0 Å². The predicted molar refractivity (Wildman–Crippen MR) is 160 cm³/mol. The molecule has 4 nitrogen and oxygen atoms in total. The van der Waals surface area contributed by atoms with Crippen molar-refractivity contribution in [2.24, 2.45) is 0 Å². The molecule has 0 fully saturated rings. The molecule has 0 saturated carbocycles. The van der Waals surface area contributed by atoms with Gasteiger partial charge in [0.25, 0.3) is 0 Å². The lowest BCUT2D eigenvalue weighted by Gasteiger charge is -2.39. The number of hydrogen-bond donors (Lipinski definition) is 0. The SMILES string of the molecule is C/C=C(\C/C=C\CC(F)(F)C(F)(F)C(F)(F)C(F)(F)C(F)(F)C(F)(F)F)C(=O)/C=C/c1ccc(OCCC)cc1.C=C(C)C(=O)OCCCC. The first-order valence-electron chi connectivity index (χ1n) is 14.8. The molecule has 0 bridgehead atoms. The molecule has 0 saturated heterocycles. The lowest BCUT2D eigenvalue weighted by Crippen LogP contribution is -2.70. The minimum absolute atomic E-state index is 0.0690. The van der Waals surface area contributed by atoms with Crippen molar-refractivity contribution in [3.8, 4) is 5.75 Å². The number of ketones is 1. The monoisotopic (exact) mass is 744 g/mol. The zero-order valence-corrected chi connectivity index (χ0v) is 27.4. The zero-order chi connectivity index (χ0) is 39.2. The summed E-state index contributed by atoms with van der Waals surface area (Å²) in [5, 5.41) is 0. The molecule has 17 heteroatoms. The Morgan fingerprint density at radius 1 is 0.760 bits per heavy atom. The van der Waals surface area contributed by atoms with E-state index in [4.69, 9.17) is 9.47 Å². The summed E-state index contributed by atoms with van der Waals surface area (Å²) >= 11 is 0. The van der Waals surface area contributed by atoms with Gasteiger partial charge in [-0.1, -0.05) is 63.3 Å². The fourth-order valence-corrected chi connectivity index (χ4v) is 3.34. The summed E-state index contributed by atoms with van der Waals surface area (Å²) in [4.78, 5) is 23.0. The number of hydrogen-bond acceptors (Lipinski definition) is 4. The third kappa shape index (κ3) is 11.9. The molecule has 0 aliphatic carbocycles. The number of rotatable bonds is 18.